The van der Waals surface area contributed by atoms with Crippen LogP contribution in [0.1, 0.15) is 27.7 Å². The van der Waals surface area contributed by atoms with Gasteiger partial charge in [0.15, 0.2) is 6.10 Å². The molecule has 1 heterocycles. The van der Waals surface area contributed by atoms with Crippen LogP contribution in [0.5, 0.6) is 0 Å². The van der Waals surface area contributed by atoms with Gasteiger partial charge in [0.05, 0.1) is 0 Å². The van der Waals surface area contributed by atoms with Crippen molar-refractivity contribution in [2.45, 2.75) is 58.4 Å². The van der Waals surface area contributed by atoms with E-state index in [2.05, 4.69) is 0 Å². The monoisotopic (exact) mass is 348 g/mol. The number of carbonyl (C=O) groups is 4. The first-order valence-corrected chi connectivity index (χ1v) is 7.10. The van der Waals surface area contributed by atoms with Crippen molar-refractivity contribution in [1.82, 2.24) is 0 Å². The minimum Gasteiger partial charge on any atom is -0.463 e. The molecule has 0 radical (unpaired) electrons. The number of hydrogen-bond donors (Lipinski definition) is 1. The molecular weight excluding hydrogens is 328 g/mol. The first-order valence-electron chi connectivity index (χ1n) is 7.10. The first-order chi connectivity index (χ1) is 11.1. The zero-order chi connectivity index (χ0) is 18.4. The van der Waals surface area contributed by atoms with Gasteiger partial charge in [-0.1, -0.05) is 0 Å². The van der Waals surface area contributed by atoms with Gasteiger partial charge < -0.3 is 28.8 Å². The smallest absolute Gasteiger partial charge is 0.305 e. The quantitative estimate of drug-likeness (QED) is 0.490. The predicted molar refractivity (Wildman–Crippen MR) is 74.2 cm³/mol. The van der Waals surface area contributed by atoms with Crippen LogP contribution >= 0.6 is 0 Å². The molecule has 5 atom stereocenters. The summed E-state index contributed by atoms with van der Waals surface area (Å²) in [5.41, 5.74) is 0. The topological polar surface area (TPSA) is 135 Å². The van der Waals surface area contributed by atoms with E-state index in [1.54, 1.807) is 0 Å². The van der Waals surface area contributed by atoms with Gasteiger partial charge in [-0.25, -0.2) is 0 Å². The molecule has 0 bridgehead atoms. The summed E-state index contributed by atoms with van der Waals surface area (Å²) >= 11 is 0. The molecule has 1 aliphatic rings. The third-order valence-electron chi connectivity index (χ3n) is 2.96. The van der Waals surface area contributed by atoms with Crippen LogP contribution < -0.4 is 0 Å². The largest absolute Gasteiger partial charge is 0.463 e. The summed E-state index contributed by atoms with van der Waals surface area (Å²) in [4.78, 5) is 44.7. The molecule has 10 nitrogen and oxygen atoms in total. The highest BCUT2D eigenvalue weighted by Gasteiger charge is 2.51. The minimum absolute atomic E-state index is 0.376. The summed E-state index contributed by atoms with van der Waals surface area (Å²) < 4.78 is 25.0. The SMILES string of the molecule is CC(=O)OC[C@@H]1OC(OC(C)=O)C(OC(C)=O)[C@H](OC(C)=O)[C@@H]1O. The van der Waals surface area contributed by atoms with Crippen molar-refractivity contribution in [1.29, 1.82) is 0 Å². The van der Waals surface area contributed by atoms with E-state index in [-0.39, 0.29) is 6.61 Å². The standard InChI is InChI=1S/C14H20O10/c1-6(15)20-5-10-11(19)12(21-7(2)16)13(22-8(3)17)14(24-10)23-9(4)18/h10-14,19H,5H2,1-4H3/t10-,11+,12+,13?,14?/m0/s1. The zero-order valence-electron chi connectivity index (χ0n) is 13.7. The maximum Gasteiger partial charge on any atom is 0.305 e. The Hall–Kier alpha value is -2.20. The number of aliphatic hydroxyl groups is 1. The molecule has 1 N–H and O–H groups in total. The molecule has 0 saturated carbocycles. The van der Waals surface area contributed by atoms with Gasteiger partial charge in [0.25, 0.3) is 0 Å². The van der Waals surface area contributed by atoms with Crippen LogP contribution in [0.25, 0.3) is 0 Å². The highest BCUT2D eigenvalue weighted by atomic mass is 16.7. The summed E-state index contributed by atoms with van der Waals surface area (Å²) in [5.74, 6) is -2.89. The van der Waals surface area contributed by atoms with E-state index in [4.69, 9.17) is 23.7 Å². The molecule has 1 aliphatic heterocycles. The lowest BCUT2D eigenvalue weighted by molar-refractivity contribution is -0.298. The molecule has 0 amide bonds. The molecule has 0 aromatic heterocycles. The lowest BCUT2D eigenvalue weighted by Gasteiger charge is -2.42. The molecule has 0 spiro atoms. The average Bonchev–Trinajstić information content (AvgIpc) is 2.42. The van der Waals surface area contributed by atoms with Crippen molar-refractivity contribution in [3.05, 3.63) is 0 Å². The Morgan fingerprint density at radius 2 is 1.33 bits per heavy atom. The van der Waals surface area contributed by atoms with Crippen LogP contribution in [0.15, 0.2) is 0 Å². The molecule has 136 valence electrons. The Balaban J connectivity index is 3.07. The Kier molecular flexibility index (Phi) is 7.11. The van der Waals surface area contributed by atoms with Gasteiger partial charge in [-0.3, -0.25) is 19.2 Å². The molecular formula is C14H20O10. The third kappa shape index (κ3) is 5.78. The van der Waals surface area contributed by atoms with Gasteiger partial charge in [-0.05, 0) is 0 Å². The number of ether oxygens (including phenoxy) is 5. The van der Waals surface area contributed by atoms with Crippen LogP contribution in [0.3, 0.4) is 0 Å². The van der Waals surface area contributed by atoms with Gasteiger partial charge in [0.1, 0.15) is 18.8 Å². The molecule has 24 heavy (non-hydrogen) atoms. The molecule has 10 heteroatoms. The van der Waals surface area contributed by atoms with E-state index < -0.39 is 54.6 Å². The second kappa shape index (κ2) is 8.60. The van der Waals surface area contributed by atoms with E-state index in [0.29, 0.717) is 0 Å². The minimum atomic E-state index is -1.48. The number of esters is 4. The average molecular weight is 348 g/mol. The van der Waals surface area contributed by atoms with Gasteiger partial charge in [-0.2, -0.15) is 0 Å². The van der Waals surface area contributed by atoms with Crippen LogP contribution in [0.2, 0.25) is 0 Å². The Morgan fingerprint density at radius 3 is 1.79 bits per heavy atom. The molecule has 1 rings (SSSR count). The first kappa shape index (κ1) is 19.8. The van der Waals surface area contributed by atoms with Crippen LogP contribution in [-0.4, -0.2) is 66.3 Å². The molecule has 2 unspecified atom stereocenters. The van der Waals surface area contributed by atoms with Crippen molar-refractivity contribution in [2.75, 3.05) is 6.61 Å². The fourth-order valence-corrected chi connectivity index (χ4v) is 2.13. The van der Waals surface area contributed by atoms with Crippen molar-refractivity contribution < 1.29 is 48.0 Å². The number of rotatable bonds is 5. The van der Waals surface area contributed by atoms with Crippen LogP contribution in [0.4, 0.5) is 0 Å². The van der Waals surface area contributed by atoms with Crippen LogP contribution in [0, 0.1) is 0 Å². The number of hydrogen-bond acceptors (Lipinski definition) is 10. The van der Waals surface area contributed by atoms with Crippen molar-refractivity contribution in [2.24, 2.45) is 0 Å². The molecule has 0 aliphatic carbocycles. The number of carbonyl (C=O) groups excluding carboxylic acids is 4. The van der Waals surface area contributed by atoms with Crippen molar-refractivity contribution in [3.8, 4) is 0 Å². The lowest BCUT2D eigenvalue weighted by Crippen LogP contribution is -2.62. The summed E-state index contributed by atoms with van der Waals surface area (Å²) in [5, 5.41) is 10.3. The van der Waals surface area contributed by atoms with Crippen molar-refractivity contribution in [3.63, 3.8) is 0 Å². The second-order valence-corrected chi connectivity index (χ2v) is 5.09. The van der Waals surface area contributed by atoms with E-state index in [0.717, 1.165) is 27.7 Å². The summed E-state index contributed by atoms with van der Waals surface area (Å²) in [6.45, 7) is 4.06. The highest BCUT2D eigenvalue weighted by molar-refractivity contribution is 5.68. The van der Waals surface area contributed by atoms with Gasteiger partial charge in [0.2, 0.25) is 12.4 Å². The van der Waals surface area contributed by atoms with Gasteiger partial charge >= 0.3 is 23.9 Å². The predicted octanol–water partition coefficient (Wildman–Crippen LogP) is -0.938. The fraction of sp³-hybridized carbons (Fsp3) is 0.714. The highest BCUT2D eigenvalue weighted by Crippen LogP contribution is 2.27. The summed E-state index contributed by atoms with van der Waals surface area (Å²) in [6, 6.07) is 0. The maximum atomic E-state index is 11.3. The van der Waals surface area contributed by atoms with Gasteiger partial charge in [-0.15, -0.1) is 0 Å². The van der Waals surface area contributed by atoms with E-state index in [1.165, 1.54) is 0 Å². The number of aliphatic hydroxyl groups excluding tert-OH is 1. The normalized spacial score (nSPS) is 29.3. The summed E-state index contributed by atoms with van der Waals surface area (Å²) in [7, 11) is 0. The van der Waals surface area contributed by atoms with E-state index >= 15 is 0 Å². The Morgan fingerprint density at radius 1 is 0.833 bits per heavy atom. The molecule has 1 fully saturated rings. The van der Waals surface area contributed by atoms with E-state index in [9.17, 15) is 24.3 Å². The van der Waals surface area contributed by atoms with Gasteiger partial charge in [0, 0.05) is 27.7 Å². The summed E-state index contributed by atoms with van der Waals surface area (Å²) in [6.07, 6.45) is -6.83. The maximum absolute atomic E-state index is 11.3. The molecule has 0 aromatic rings. The lowest BCUT2D eigenvalue weighted by atomic mass is 9.98. The Bertz CT molecular complexity index is 502. The fourth-order valence-electron chi connectivity index (χ4n) is 2.13. The van der Waals surface area contributed by atoms with Crippen LogP contribution in [-0.2, 0) is 42.9 Å². The van der Waals surface area contributed by atoms with Crippen molar-refractivity contribution >= 4 is 23.9 Å². The third-order valence-corrected chi connectivity index (χ3v) is 2.96. The molecule has 0 aromatic carbocycles. The molecule has 1 saturated heterocycles. The second-order valence-electron chi connectivity index (χ2n) is 5.09. The Labute approximate surface area is 137 Å². The van der Waals surface area contributed by atoms with E-state index in [1.807, 2.05) is 0 Å². The zero-order valence-corrected chi connectivity index (χ0v) is 13.7.